The Hall–Kier alpha value is 0.260. The highest BCUT2D eigenvalue weighted by Gasteiger charge is 2.59. The fourth-order valence-electron chi connectivity index (χ4n) is 3.74. The molecule has 3 aliphatic carbocycles. The van der Waals surface area contributed by atoms with Crippen LogP contribution < -0.4 is 0 Å². The summed E-state index contributed by atoms with van der Waals surface area (Å²) in [6, 6.07) is 0. The monoisotopic (exact) mass is 286 g/mol. The van der Waals surface area contributed by atoms with E-state index in [1.165, 1.54) is 19.3 Å². The minimum absolute atomic E-state index is 0.345. The fourth-order valence-corrected chi connectivity index (χ4v) is 6.77. The molecular weight excluding hydrogens is 268 g/mol. The lowest BCUT2D eigenvalue weighted by Gasteiger charge is -2.64. The highest BCUT2D eigenvalue weighted by Crippen LogP contribution is 2.67. The number of thioether (sulfide) groups is 1. The SMILES string of the molecule is CC1(Sc2nnc(S)s2)CCC2CC1C2(C)C. The van der Waals surface area contributed by atoms with Crippen LogP contribution in [0, 0.1) is 17.3 Å². The van der Waals surface area contributed by atoms with Crippen molar-refractivity contribution in [2.24, 2.45) is 17.3 Å². The van der Waals surface area contributed by atoms with Gasteiger partial charge in [0.1, 0.15) is 0 Å². The third-order valence-corrected chi connectivity index (χ3v) is 7.51. The number of aromatic nitrogens is 2. The zero-order valence-corrected chi connectivity index (χ0v) is 13.0. The summed E-state index contributed by atoms with van der Waals surface area (Å²) in [5.74, 6) is 1.78. The molecule has 5 heteroatoms. The molecule has 0 N–H and O–H groups in total. The van der Waals surface area contributed by atoms with Gasteiger partial charge in [0.05, 0.1) is 0 Å². The van der Waals surface area contributed by atoms with Gasteiger partial charge in [0.2, 0.25) is 0 Å². The Labute approximate surface area is 116 Å². The molecule has 0 radical (unpaired) electrons. The van der Waals surface area contributed by atoms with Gasteiger partial charge in [-0.3, -0.25) is 0 Å². The summed E-state index contributed by atoms with van der Waals surface area (Å²) in [5, 5.41) is 8.21. The molecule has 17 heavy (non-hydrogen) atoms. The van der Waals surface area contributed by atoms with E-state index < -0.39 is 0 Å². The largest absolute Gasteiger partial charge is 0.175 e. The number of hydrogen-bond donors (Lipinski definition) is 1. The first kappa shape index (κ1) is 12.3. The summed E-state index contributed by atoms with van der Waals surface area (Å²) < 4.78 is 2.20. The van der Waals surface area contributed by atoms with Gasteiger partial charge in [-0.05, 0) is 43.4 Å². The van der Waals surface area contributed by atoms with Gasteiger partial charge in [-0.15, -0.1) is 22.8 Å². The van der Waals surface area contributed by atoms with E-state index in [-0.39, 0.29) is 0 Å². The molecule has 1 aromatic heterocycles. The van der Waals surface area contributed by atoms with E-state index in [2.05, 4.69) is 43.6 Å². The van der Waals surface area contributed by atoms with E-state index in [1.807, 2.05) is 11.8 Å². The molecule has 4 rings (SSSR count). The third-order valence-electron chi connectivity index (χ3n) is 4.91. The third kappa shape index (κ3) is 1.85. The lowest BCUT2D eigenvalue weighted by Crippen LogP contribution is -2.58. The molecule has 3 atom stereocenters. The Bertz CT molecular complexity index is 441. The van der Waals surface area contributed by atoms with Gasteiger partial charge in [0.15, 0.2) is 8.68 Å². The predicted octanol–water partition coefficient (Wildman–Crippen LogP) is 4.13. The summed E-state index contributed by atoms with van der Waals surface area (Å²) in [7, 11) is 0. The minimum Gasteiger partial charge on any atom is -0.131 e. The standard InChI is InChI=1S/C12H18N2S3/c1-11(2)7-4-5-12(3,8(11)6-7)17-10-14-13-9(15)16-10/h7-8H,4-6H2,1-3H3,(H,13,15). The Morgan fingerprint density at radius 3 is 2.65 bits per heavy atom. The van der Waals surface area contributed by atoms with E-state index in [0.717, 1.165) is 20.5 Å². The van der Waals surface area contributed by atoms with E-state index in [9.17, 15) is 0 Å². The van der Waals surface area contributed by atoms with Crippen molar-refractivity contribution in [2.45, 2.75) is 53.5 Å². The molecule has 1 heterocycles. The van der Waals surface area contributed by atoms with Crippen LogP contribution in [0.2, 0.25) is 0 Å². The average molecular weight is 286 g/mol. The average Bonchev–Trinajstić information content (AvgIpc) is 2.62. The van der Waals surface area contributed by atoms with Crippen LogP contribution in [0.3, 0.4) is 0 Å². The molecule has 0 aromatic carbocycles. The van der Waals surface area contributed by atoms with E-state index in [0.29, 0.717) is 10.2 Å². The van der Waals surface area contributed by atoms with Crippen LogP contribution in [0.25, 0.3) is 0 Å². The van der Waals surface area contributed by atoms with Crippen LogP contribution in [0.1, 0.15) is 40.0 Å². The predicted molar refractivity (Wildman–Crippen MR) is 76.0 cm³/mol. The van der Waals surface area contributed by atoms with Gasteiger partial charge in [-0.25, -0.2) is 0 Å². The molecule has 0 amide bonds. The van der Waals surface area contributed by atoms with Crippen molar-refractivity contribution in [3.63, 3.8) is 0 Å². The first-order valence-corrected chi connectivity index (χ1v) is 8.21. The van der Waals surface area contributed by atoms with Gasteiger partial charge >= 0.3 is 0 Å². The molecule has 0 aliphatic heterocycles. The Balaban J connectivity index is 1.82. The molecule has 3 fully saturated rings. The zero-order valence-electron chi connectivity index (χ0n) is 10.4. The maximum Gasteiger partial charge on any atom is 0.175 e. The molecule has 2 bridgehead atoms. The number of nitrogens with zero attached hydrogens (tertiary/aromatic N) is 2. The van der Waals surface area contributed by atoms with Crippen LogP contribution in [-0.4, -0.2) is 14.9 Å². The van der Waals surface area contributed by atoms with E-state index >= 15 is 0 Å². The summed E-state index contributed by atoms with van der Waals surface area (Å²) in [6.45, 7) is 7.29. The lowest BCUT2D eigenvalue weighted by atomic mass is 9.45. The van der Waals surface area contributed by atoms with Gasteiger partial charge in [-0.2, -0.15) is 0 Å². The van der Waals surface area contributed by atoms with Crippen molar-refractivity contribution in [3.05, 3.63) is 0 Å². The van der Waals surface area contributed by atoms with Crippen molar-refractivity contribution in [1.82, 2.24) is 10.2 Å². The first-order chi connectivity index (χ1) is 7.92. The van der Waals surface area contributed by atoms with Crippen LogP contribution in [0.4, 0.5) is 0 Å². The van der Waals surface area contributed by atoms with Crippen LogP contribution in [0.5, 0.6) is 0 Å². The van der Waals surface area contributed by atoms with Gasteiger partial charge in [0.25, 0.3) is 0 Å². The quantitative estimate of drug-likeness (QED) is 0.828. The normalized spacial score (nSPS) is 38.8. The Morgan fingerprint density at radius 2 is 2.12 bits per heavy atom. The molecule has 3 unspecified atom stereocenters. The molecule has 3 saturated carbocycles. The number of fused-ring (bicyclic) bond motifs is 2. The summed E-state index contributed by atoms with van der Waals surface area (Å²) in [4.78, 5) is 0. The van der Waals surface area contributed by atoms with Crippen LogP contribution in [-0.2, 0) is 0 Å². The van der Waals surface area contributed by atoms with Crippen molar-refractivity contribution < 1.29 is 0 Å². The highest BCUT2D eigenvalue weighted by molar-refractivity contribution is 8.02. The number of hydrogen-bond acceptors (Lipinski definition) is 5. The van der Waals surface area contributed by atoms with Crippen molar-refractivity contribution in [2.75, 3.05) is 0 Å². The van der Waals surface area contributed by atoms with E-state index in [4.69, 9.17) is 0 Å². The second-order valence-corrected chi connectivity index (χ2v) is 9.60. The van der Waals surface area contributed by atoms with E-state index in [1.54, 1.807) is 11.3 Å². The topological polar surface area (TPSA) is 25.8 Å². The van der Waals surface area contributed by atoms with Gasteiger partial charge in [0, 0.05) is 4.75 Å². The fraction of sp³-hybridized carbons (Fsp3) is 0.833. The maximum absolute atomic E-state index is 4.25. The Kier molecular flexibility index (Phi) is 2.80. The molecule has 0 spiro atoms. The Morgan fingerprint density at radius 1 is 1.35 bits per heavy atom. The smallest absolute Gasteiger partial charge is 0.131 e. The van der Waals surface area contributed by atoms with Crippen LogP contribution >= 0.6 is 35.7 Å². The number of rotatable bonds is 2. The summed E-state index contributed by atoms with van der Waals surface area (Å²) in [6.07, 6.45) is 4.10. The van der Waals surface area contributed by atoms with Crippen molar-refractivity contribution >= 4 is 35.7 Å². The second kappa shape index (κ2) is 3.87. The van der Waals surface area contributed by atoms with Crippen LogP contribution in [0.15, 0.2) is 8.68 Å². The van der Waals surface area contributed by atoms with Crippen molar-refractivity contribution in [3.8, 4) is 0 Å². The summed E-state index contributed by atoms with van der Waals surface area (Å²) >= 11 is 7.78. The molecule has 1 aromatic rings. The highest BCUT2D eigenvalue weighted by atomic mass is 32.2. The second-order valence-electron chi connectivity index (χ2n) is 6.11. The van der Waals surface area contributed by atoms with Crippen molar-refractivity contribution in [1.29, 1.82) is 0 Å². The summed E-state index contributed by atoms with van der Waals surface area (Å²) in [5.41, 5.74) is 0.522. The molecular formula is C12H18N2S3. The number of thiol groups is 1. The van der Waals surface area contributed by atoms with Gasteiger partial charge < -0.3 is 0 Å². The maximum atomic E-state index is 4.25. The minimum atomic E-state index is 0.345. The lowest BCUT2D eigenvalue weighted by molar-refractivity contribution is -0.0851. The molecule has 0 saturated heterocycles. The van der Waals surface area contributed by atoms with Gasteiger partial charge in [-0.1, -0.05) is 36.9 Å². The first-order valence-electron chi connectivity index (χ1n) is 6.13. The molecule has 94 valence electrons. The zero-order chi connectivity index (χ0) is 12.3. The molecule has 3 aliphatic rings. The molecule has 2 nitrogen and oxygen atoms in total.